The van der Waals surface area contributed by atoms with Gasteiger partial charge in [-0.25, -0.2) is 4.79 Å². The average Bonchev–Trinajstić information content (AvgIpc) is 3.18. The van der Waals surface area contributed by atoms with Crippen molar-refractivity contribution >= 4 is 17.7 Å². The van der Waals surface area contributed by atoms with Crippen LogP contribution in [0.25, 0.3) is 0 Å². The molecular weight excluding hydrogens is 705 g/mol. The summed E-state index contributed by atoms with van der Waals surface area (Å²) in [7, 11) is 0. The highest BCUT2D eigenvalue weighted by atomic mass is 16.5. The Morgan fingerprint density at radius 3 is 1.58 bits per heavy atom. The third-order valence-electron chi connectivity index (χ3n) is 11.1. The van der Waals surface area contributed by atoms with Crippen LogP contribution in [-0.2, 0) is 19.1 Å². The molecule has 3 unspecified atom stereocenters. The summed E-state index contributed by atoms with van der Waals surface area (Å²) in [5.74, 6) is 1.07. The van der Waals surface area contributed by atoms with Crippen molar-refractivity contribution in [2.24, 2.45) is 11.8 Å². The van der Waals surface area contributed by atoms with Crippen molar-refractivity contribution < 1.29 is 19.1 Å². The molecule has 0 aromatic heterocycles. The number of nitrogens with one attached hydrogen (secondary N) is 1. The monoisotopic (exact) mass is 795 g/mol. The third kappa shape index (κ3) is 34.1. The zero-order valence-corrected chi connectivity index (χ0v) is 37.8. The van der Waals surface area contributed by atoms with Crippen LogP contribution in [-0.4, -0.2) is 54.8 Å². The van der Waals surface area contributed by atoms with Gasteiger partial charge in [0, 0.05) is 32.4 Å². The summed E-state index contributed by atoms with van der Waals surface area (Å²) in [6, 6.07) is -0.757. The topological polar surface area (TPSA) is 75.7 Å². The lowest BCUT2D eigenvalue weighted by Gasteiger charge is -2.34. The maximum absolute atomic E-state index is 13.2. The Morgan fingerprint density at radius 1 is 0.579 bits per heavy atom. The Morgan fingerprint density at radius 2 is 1.05 bits per heavy atom. The van der Waals surface area contributed by atoms with E-state index in [-0.39, 0.29) is 11.7 Å². The van der Waals surface area contributed by atoms with E-state index in [9.17, 15) is 14.4 Å². The fourth-order valence-corrected chi connectivity index (χ4v) is 7.88. The Balaban J connectivity index is 2.34. The summed E-state index contributed by atoms with van der Waals surface area (Å²) in [5.41, 5.74) is 0. The molecule has 0 aliphatic carbocycles. The molecule has 1 rings (SSSR count). The lowest BCUT2D eigenvalue weighted by Crippen LogP contribution is -2.42. The van der Waals surface area contributed by atoms with Crippen molar-refractivity contribution in [2.75, 3.05) is 26.2 Å². The van der Waals surface area contributed by atoms with Gasteiger partial charge in [0.15, 0.2) is 0 Å². The number of piperidine rings is 1. The summed E-state index contributed by atoms with van der Waals surface area (Å²) in [6.07, 6.45) is 48.4. The number of nitrogens with zero attached hydrogens (tertiary/aromatic N) is 1. The van der Waals surface area contributed by atoms with E-state index in [1.54, 1.807) is 0 Å². The van der Waals surface area contributed by atoms with Crippen molar-refractivity contribution in [3.63, 3.8) is 0 Å². The van der Waals surface area contributed by atoms with Gasteiger partial charge >= 0.3 is 5.97 Å². The van der Waals surface area contributed by atoms with Gasteiger partial charge in [-0.3, -0.25) is 9.59 Å². The molecule has 328 valence electrons. The molecule has 1 saturated heterocycles. The number of carbonyl (C=O) groups is 3. The van der Waals surface area contributed by atoms with Crippen LogP contribution >= 0.6 is 0 Å². The van der Waals surface area contributed by atoms with Crippen molar-refractivity contribution in [1.29, 1.82) is 0 Å². The largest absolute Gasteiger partial charge is 0.464 e. The Labute approximate surface area is 352 Å². The second kappa shape index (κ2) is 39.0. The molecule has 0 bridgehead atoms. The van der Waals surface area contributed by atoms with Gasteiger partial charge in [0.25, 0.3) is 0 Å². The van der Waals surface area contributed by atoms with E-state index in [1.807, 2.05) is 0 Å². The van der Waals surface area contributed by atoms with Crippen LogP contribution in [0.5, 0.6) is 0 Å². The van der Waals surface area contributed by atoms with Gasteiger partial charge in [-0.1, -0.05) is 147 Å². The van der Waals surface area contributed by atoms with Crippen LogP contribution in [0.1, 0.15) is 214 Å². The van der Waals surface area contributed by atoms with E-state index in [0.29, 0.717) is 44.1 Å². The van der Waals surface area contributed by atoms with Gasteiger partial charge in [0.1, 0.15) is 11.8 Å². The molecule has 1 amide bonds. The molecule has 6 nitrogen and oxygen atoms in total. The molecular formula is C51H90N2O4. The van der Waals surface area contributed by atoms with Crippen molar-refractivity contribution in [3.05, 3.63) is 48.6 Å². The zero-order chi connectivity index (χ0) is 41.4. The lowest BCUT2D eigenvalue weighted by molar-refractivity contribution is -0.148. The maximum Gasteiger partial charge on any atom is 0.328 e. The van der Waals surface area contributed by atoms with Gasteiger partial charge in [-0.15, -0.1) is 0 Å². The molecule has 0 aromatic carbocycles. The summed E-state index contributed by atoms with van der Waals surface area (Å²) in [6.45, 7) is 12.7. The maximum atomic E-state index is 13.2. The molecule has 1 aliphatic rings. The van der Waals surface area contributed by atoms with Crippen molar-refractivity contribution in [3.8, 4) is 0 Å². The number of unbranched alkanes of at least 4 members (excludes halogenated alkanes) is 17. The minimum atomic E-state index is -0.757. The minimum Gasteiger partial charge on any atom is -0.464 e. The standard InChI is InChI=1S/C51H90N2O4/c1-5-7-9-11-13-15-17-19-21-23-25-27-29-31-33-35-42-57-51(56)49(40-39-48(54)37-36-41-53-44-46(3)43-47(4)45-53)52-50(55)38-34-32-30-28-26-24-22-20-18-16-14-12-10-8-6-2/h13-16,19-22,46-47,49H,5-12,17-18,23-45H2,1-4H3,(H,52,55)/b15-13-,16-14-,21-19-,22-20-. The lowest BCUT2D eigenvalue weighted by atomic mass is 9.92. The fraction of sp³-hybridized carbons (Fsp3) is 0.784. The number of allylic oxidation sites excluding steroid dienone is 8. The quantitative estimate of drug-likeness (QED) is 0.0383. The number of hydrogen-bond acceptors (Lipinski definition) is 5. The first-order valence-electron chi connectivity index (χ1n) is 24.2. The van der Waals surface area contributed by atoms with Gasteiger partial charge in [-0.2, -0.15) is 0 Å². The summed E-state index contributed by atoms with van der Waals surface area (Å²) >= 11 is 0. The first-order valence-corrected chi connectivity index (χ1v) is 24.2. The predicted molar refractivity (Wildman–Crippen MR) is 244 cm³/mol. The van der Waals surface area contributed by atoms with Crippen molar-refractivity contribution in [1.82, 2.24) is 10.2 Å². The van der Waals surface area contributed by atoms with Crippen LogP contribution in [0.15, 0.2) is 48.6 Å². The minimum absolute atomic E-state index is 0.114. The number of esters is 1. The van der Waals surface area contributed by atoms with Crippen LogP contribution < -0.4 is 5.32 Å². The second-order valence-electron chi connectivity index (χ2n) is 17.2. The highest BCUT2D eigenvalue weighted by Crippen LogP contribution is 2.21. The highest BCUT2D eigenvalue weighted by Gasteiger charge is 2.24. The molecule has 0 spiro atoms. The van der Waals surface area contributed by atoms with E-state index >= 15 is 0 Å². The van der Waals surface area contributed by atoms with Crippen molar-refractivity contribution in [2.45, 2.75) is 220 Å². The Hall–Kier alpha value is -2.47. The second-order valence-corrected chi connectivity index (χ2v) is 17.2. The number of rotatable bonds is 38. The van der Waals surface area contributed by atoms with Gasteiger partial charge in [-0.05, 0) is 115 Å². The molecule has 0 radical (unpaired) electrons. The molecule has 1 heterocycles. The van der Waals surface area contributed by atoms with E-state index in [4.69, 9.17) is 4.74 Å². The Kier molecular flexibility index (Phi) is 36.0. The number of hydrogen-bond donors (Lipinski definition) is 1. The summed E-state index contributed by atoms with van der Waals surface area (Å²) < 4.78 is 5.67. The van der Waals surface area contributed by atoms with Gasteiger partial charge in [0.2, 0.25) is 5.91 Å². The summed E-state index contributed by atoms with van der Waals surface area (Å²) in [4.78, 5) is 41.5. The molecule has 1 aliphatic heterocycles. The number of ketones is 1. The first-order chi connectivity index (χ1) is 27.8. The molecule has 1 fully saturated rings. The molecule has 1 N–H and O–H groups in total. The fourth-order valence-electron chi connectivity index (χ4n) is 7.88. The van der Waals surface area contributed by atoms with E-state index in [2.05, 4.69) is 86.5 Å². The molecule has 3 atom stereocenters. The van der Waals surface area contributed by atoms with Crippen LogP contribution in [0, 0.1) is 11.8 Å². The SMILES string of the molecule is CCCCC/C=C\C/C=C\CCCCCCCCOC(=O)C(CCC(=O)CCCN1CC(C)CC(C)C1)NC(=O)CCCCCCC/C=C\C/C=C\CCCCC. The number of Topliss-reactive ketones (excluding diaryl/α,β-unsaturated/α-hetero) is 1. The van der Waals surface area contributed by atoms with E-state index in [0.717, 1.165) is 90.3 Å². The predicted octanol–water partition coefficient (Wildman–Crippen LogP) is 13.7. The van der Waals surface area contributed by atoms with E-state index < -0.39 is 12.0 Å². The highest BCUT2D eigenvalue weighted by molar-refractivity contribution is 5.85. The first kappa shape index (κ1) is 52.5. The average molecular weight is 795 g/mol. The number of ether oxygens (including phenoxy) is 1. The molecule has 0 aromatic rings. The molecule has 57 heavy (non-hydrogen) atoms. The number of carbonyl (C=O) groups excluding carboxylic acids is 3. The van der Waals surface area contributed by atoms with E-state index in [1.165, 1.54) is 89.9 Å². The van der Waals surface area contributed by atoms with Crippen LogP contribution in [0.2, 0.25) is 0 Å². The smallest absolute Gasteiger partial charge is 0.328 e. The van der Waals surface area contributed by atoms with Gasteiger partial charge < -0.3 is 15.0 Å². The van der Waals surface area contributed by atoms with Crippen LogP contribution in [0.3, 0.4) is 0 Å². The van der Waals surface area contributed by atoms with Crippen LogP contribution in [0.4, 0.5) is 0 Å². The number of amides is 1. The molecule has 0 saturated carbocycles. The normalized spacial score (nSPS) is 17.1. The molecule has 6 heteroatoms. The van der Waals surface area contributed by atoms with Gasteiger partial charge in [0.05, 0.1) is 6.61 Å². The third-order valence-corrected chi connectivity index (χ3v) is 11.1. The Bertz CT molecular complexity index is 1080. The summed E-state index contributed by atoms with van der Waals surface area (Å²) in [5, 5.41) is 2.95. The number of likely N-dealkylation sites (tertiary alicyclic amines) is 1. The zero-order valence-electron chi connectivity index (χ0n) is 37.8.